The third kappa shape index (κ3) is 3.32. The normalized spacial score (nSPS) is 14.0. The van der Waals surface area contributed by atoms with Crippen LogP contribution in [0.5, 0.6) is 0 Å². The highest BCUT2D eigenvalue weighted by Gasteiger charge is 2.23. The lowest BCUT2D eigenvalue weighted by Crippen LogP contribution is -2.38. The van der Waals surface area contributed by atoms with Crippen LogP contribution in [0.1, 0.15) is 20.3 Å². The molecule has 1 heterocycles. The molecular formula is C12H17N3O3S2. The molecule has 0 saturated carbocycles. The van der Waals surface area contributed by atoms with Gasteiger partial charge in [-0.25, -0.2) is 13.1 Å². The zero-order valence-corrected chi connectivity index (χ0v) is 12.9. The molecule has 0 aliphatic rings. The number of fused-ring (bicyclic) bond motifs is 1. The van der Waals surface area contributed by atoms with E-state index in [2.05, 4.69) is 13.5 Å². The molecular weight excluding hydrogens is 298 g/mol. The van der Waals surface area contributed by atoms with Gasteiger partial charge in [0.15, 0.2) is 0 Å². The van der Waals surface area contributed by atoms with Crippen LogP contribution in [0, 0.1) is 5.92 Å². The smallest absolute Gasteiger partial charge is 0.243 e. The Labute approximate surface area is 122 Å². The Hall–Kier alpha value is -1.09. The molecule has 2 aromatic rings. The van der Waals surface area contributed by atoms with Gasteiger partial charge in [0.1, 0.15) is 15.9 Å². The molecule has 0 aliphatic carbocycles. The maximum Gasteiger partial charge on any atom is 0.243 e. The minimum absolute atomic E-state index is 0.103. The summed E-state index contributed by atoms with van der Waals surface area (Å²) in [7, 11) is -3.72. The lowest BCUT2D eigenvalue weighted by molar-refractivity contribution is 0.240. The van der Waals surface area contributed by atoms with Crippen molar-refractivity contribution in [3.05, 3.63) is 18.2 Å². The summed E-state index contributed by atoms with van der Waals surface area (Å²) in [5.41, 5.74) is 0.925. The summed E-state index contributed by atoms with van der Waals surface area (Å²) in [6.07, 6.45) is 0.570. The lowest BCUT2D eigenvalue weighted by atomic mass is 10.1. The molecule has 0 saturated heterocycles. The van der Waals surface area contributed by atoms with Crippen LogP contribution in [0.25, 0.3) is 11.0 Å². The second kappa shape index (κ2) is 6.13. The summed E-state index contributed by atoms with van der Waals surface area (Å²) in [5, 5.41) is 9.31. The van der Waals surface area contributed by atoms with Crippen LogP contribution < -0.4 is 4.72 Å². The minimum atomic E-state index is -3.72. The fourth-order valence-electron chi connectivity index (χ4n) is 2.01. The van der Waals surface area contributed by atoms with Crippen molar-refractivity contribution in [2.24, 2.45) is 5.92 Å². The molecule has 1 aromatic heterocycles. The molecule has 110 valence electrons. The van der Waals surface area contributed by atoms with Crippen LogP contribution in [-0.2, 0) is 10.0 Å². The highest BCUT2D eigenvalue weighted by atomic mass is 32.2. The highest BCUT2D eigenvalue weighted by Crippen LogP contribution is 2.21. The molecule has 2 N–H and O–H groups in total. The third-order valence-electron chi connectivity index (χ3n) is 2.84. The minimum Gasteiger partial charge on any atom is -0.395 e. The predicted octanol–water partition coefficient (Wildman–Crippen LogP) is 1.38. The number of hydrogen-bond acceptors (Lipinski definition) is 6. The molecule has 2 rings (SSSR count). The first kappa shape index (κ1) is 15.3. The van der Waals surface area contributed by atoms with E-state index in [1.165, 1.54) is 6.07 Å². The molecule has 0 spiro atoms. The quantitative estimate of drug-likeness (QED) is 0.840. The lowest BCUT2D eigenvalue weighted by Gasteiger charge is -2.18. The van der Waals surface area contributed by atoms with Gasteiger partial charge >= 0.3 is 0 Å². The van der Waals surface area contributed by atoms with E-state index in [9.17, 15) is 13.5 Å². The van der Waals surface area contributed by atoms with Crippen molar-refractivity contribution < 1.29 is 13.5 Å². The Kier molecular flexibility index (Phi) is 4.69. The van der Waals surface area contributed by atoms with Gasteiger partial charge in [0.05, 0.1) is 18.3 Å². The maximum absolute atomic E-state index is 12.4. The van der Waals surface area contributed by atoms with Crippen molar-refractivity contribution in [3.8, 4) is 0 Å². The second-order valence-corrected chi connectivity index (χ2v) is 7.23. The summed E-state index contributed by atoms with van der Waals surface area (Å²) in [5.74, 6) is 0.284. The number of sulfonamides is 1. The molecule has 1 atom stereocenters. The van der Waals surface area contributed by atoms with Crippen molar-refractivity contribution in [2.75, 3.05) is 6.61 Å². The standard InChI is InChI=1S/C12H17N3O3S2/c1-8(2)6-9(7-16)15-20(17,18)11-5-3-4-10-12(11)14-19-13-10/h3-5,8-9,15-16H,6-7H2,1-2H3. The molecule has 0 bridgehead atoms. The number of rotatable bonds is 6. The van der Waals surface area contributed by atoms with Crippen LogP contribution in [0.3, 0.4) is 0 Å². The molecule has 1 unspecified atom stereocenters. The van der Waals surface area contributed by atoms with Crippen LogP contribution in [0.4, 0.5) is 0 Å². The van der Waals surface area contributed by atoms with Crippen molar-refractivity contribution in [3.63, 3.8) is 0 Å². The van der Waals surface area contributed by atoms with E-state index in [0.717, 1.165) is 11.7 Å². The summed E-state index contributed by atoms with van der Waals surface area (Å²) in [6.45, 7) is 3.72. The number of benzene rings is 1. The summed E-state index contributed by atoms with van der Waals surface area (Å²) < 4.78 is 35.4. The van der Waals surface area contributed by atoms with E-state index >= 15 is 0 Å². The molecule has 0 radical (unpaired) electrons. The van der Waals surface area contributed by atoms with Gasteiger partial charge in [0, 0.05) is 6.04 Å². The fraction of sp³-hybridized carbons (Fsp3) is 0.500. The van der Waals surface area contributed by atoms with Crippen LogP contribution in [0.15, 0.2) is 23.1 Å². The van der Waals surface area contributed by atoms with Gasteiger partial charge in [-0.3, -0.25) is 0 Å². The van der Waals surface area contributed by atoms with E-state index in [1.54, 1.807) is 12.1 Å². The number of aliphatic hydroxyl groups is 1. The number of nitrogens with one attached hydrogen (secondary N) is 1. The van der Waals surface area contributed by atoms with E-state index < -0.39 is 16.1 Å². The summed E-state index contributed by atoms with van der Waals surface area (Å²) in [6, 6.07) is 4.35. The molecule has 8 heteroatoms. The summed E-state index contributed by atoms with van der Waals surface area (Å²) in [4.78, 5) is 0.103. The van der Waals surface area contributed by atoms with Gasteiger partial charge in [-0.15, -0.1) is 0 Å². The Bertz CT molecular complexity index is 682. The Morgan fingerprint density at radius 3 is 2.75 bits per heavy atom. The van der Waals surface area contributed by atoms with Crippen molar-refractivity contribution in [1.29, 1.82) is 0 Å². The van der Waals surface area contributed by atoms with E-state index in [4.69, 9.17) is 0 Å². The zero-order valence-electron chi connectivity index (χ0n) is 11.3. The monoisotopic (exact) mass is 315 g/mol. The third-order valence-corrected chi connectivity index (χ3v) is 4.93. The molecule has 0 amide bonds. The van der Waals surface area contributed by atoms with Crippen molar-refractivity contribution in [2.45, 2.75) is 31.2 Å². The number of hydrogen-bond donors (Lipinski definition) is 2. The average Bonchev–Trinajstić information content (AvgIpc) is 2.84. The molecule has 6 nitrogen and oxygen atoms in total. The van der Waals surface area contributed by atoms with Gasteiger partial charge in [0.2, 0.25) is 10.0 Å². The van der Waals surface area contributed by atoms with Gasteiger partial charge in [0.25, 0.3) is 0 Å². The largest absolute Gasteiger partial charge is 0.395 e. The van der Waals surface area contributed by atoms with E-state index in [1.807, 2.05) is 13.8 Å². The Balaban J connectivity index is 2.32. The topological polar surface area (TPSA) is 92.2 Å². The Morgan fingerprint density at radius 1 is 1.35 bits per heavy atom. The van der Waals surface area contributed by atoms with Crippen molar-refractivity contribution in [1.82, 2.24) is 13.5 Å². The number of aromatic nitrogens is 2. The zero-order chi connectivity index (χ0) is 14.8. The predicted molar refractivity (Wildman–Crippen MR) is 78.1 cm³/mol. The highest BCUT2D eigenvalue weighted by molar-refractivity contribution is 7.89. The van der Waals surface area contributed by atoms with Gasteiger partial charge in [-0.2, -0.15) is 8.75 Å². The first-order valence-corrected chi connectivity index (χ1v) is 8.50. The number of nitrogens with zero attached hydrogens (tertiary/aromatic N) is 2. The van der Waals surface area contributed by atoms with Crippen LogP contribution in [0.2, 0.25) is 0 Å². The van der Waals surface area contributed by atoms with E-state index in [0.29, 0.717) is 17.5 Å². The first-order chi connectivity index (χ1) is 9.44. The molecule has 1 aromatic carbocycles. The van der Waals surface area contributed by atoms with Crippen LogP contribution in [-0.4, -0.2) is 34.9 Å². The SMILES string of the molecule is CC(C)CC(CO)NS(=O)(=O)c1cccc2nsnc12. The molecule has 0 aliphatic heterocycles. The van der Waals surface area contributed by atoms with E-state index in [-0.39, 0.29) is 17.4 Å². The molecule has 0 fully saturated rings. The fourth-order valence-corrected chi connectivity index (χ4v) is 4.02. The number of aliphatic hydroxyl groups excluding tert-OH is 1. The van der Waals surface area contributed by atoms with Crippen LogP contribution >= 0.6 is 11.7 Å². The molecule has 20 heavy (non-hydrogen) atoms. The Morgan fingerprint density at radius 2 is 2.10 bits per heavy atom. The van der Waals surface area contributed by atoms with Crippen molar-refractivity contribution >= 4 is 32.8 Å². The van der Waals surface area contributed by atoms with Gasteiger partial charge in [-0.1, -0.05) is 19.9 Å². The van der Waals surface area contributed by atoms with Gasteiger partial charge in [-0.05, 0) is 24.5 Å². The summed E-state index contributed by atoms with van der Waals surface area (Å²) >= 11 is 0.977. The second-order valence-electron chi connectivity index (χ2n) is 5.02. The first-order valence-electron chi connectivity index (χ1n) is 6.28. The average molecular weight is 315 g/mol. The maximum atomic E-state index is 12.4. The van der Waals surface area contributed by atoms with Gasteiger partial charge < -0.3 is 5.11 Å².